The Morgan fingerprint density at radius 1 is 1.11 bits per heavy atom. The molecule has 1 atom stereocenters. The molecule has 1 aliphatic heterocycles. The topological polar surface area (TPSA) is 99.3 Å². The van der Waals surface area contributed by atoms with Crippen LogP contribution in [0.3, 0.4) is 0 Å². The van der Waals surface area contributed by atoms with Crippen molar-refractivity contribution in [2.24, 2.45) is 0 Å². The van der Waals surface area contributed by atoms with Gasteiger partial charge in [-0.15, -0.1) is 0 Å². The van der Waals surface area contributed by atoms with E-state index in [0.29, 0.717) is 48.7 Å². The van der Waals surface area contributed by atoms with Crippen molar-refractivity contribution in [3.05, 3.63) is 46.8 Å². The van der Waals surface area contributed by atoms with Crippen LogP contribution in [0.2, 0.25) is 0 Å². The van der Waals surface area contributed by atoms with E-state index in [2.05, 4.69) is 19.9 Å². The number of aromatic nitrogens is 3. The molecule has 2 aromatic heterocycles. The molecular formula is C20H25N5O3. The molecule has 8 heteroatoms. The van der Waals surface area contributed by atoms with Crippen molar-refractivity contribution < 1.29 is 14.4 Å². The van der Waals surface area contributed by atoms with Gasteiger partial charge in [0.2, 0.25) is 0 Å². The maximum absolute atomic E-state index is 13.0. The Bertz CT molecular complexity index is 898. The van der Waals surface area contributed by atoms with Crippen LogP contribution in [0.1, 0.15) is 56.4 Å². The van der Waals surface area contributed by atoms with Gasteiger partial charge in [-0.2, -0.15) is 0 Å². The van der Waals surface area contributed by atoms with E-state index in [0.717, 1.165) is 5.69 Å². The number of rotatable bonds is 5. The molecule has 2 aromatic rings. The summed E-state index contributed by atoms with van der Waals surface area (Å²) < 4.78 is 0. The van der Waals surface area contributed by atoms with E-state index in [1.54, 1.807) is 11.8 Å². The predicted molar refractivity (Wildman–Crippen MR) is 104 cm³/mol. The fourth-order valence-corrected chi connectivity index (χ4v) is 3.78. The molecule has 1 amide bonds. The second kappa shape index (κ2) is 8.02. The number of piperazine rings is 1. The number of aromatic amines is 1. The Hall–Kier alpha value is -2.87. The average Bonchev–Trinajstić information content (AvgIpc) is 3.01. The van der Waals surface area contributed by atoms with Gasteiger partial charge < -0.3 is 9.88 Å². The molecule has 3 heterocycles. The summed E-state index contributed by atoms with van der Waals surface area (Å²) in [6.07, 6.45) is 4.49. The summed E-state index contributed by atoms with van der Waals surface area (Å²) in [4.78, 5) is 52.2. The lowest BCUT2D eigenvalue weighted by Crippen LogP contribution is -2.53. The summed E-state index contributed by atoms with van der Waals surface area (Å²) >= 11 is 0. The largest absolute Gasteiger partial charge is 0.355 e. The molecule has 148 valence electrons. The number of carbonyl (C=O) groups is 3. The third-order valence-electron chi connectivity index (χ3n) is 5.35. The van der Waals surface area contributed by atoms with Gasteiger partial charge in [-0.05, 0) is 33.3 Å². The first kappa shape index (κ1) is 19.9. The van der Waals surface area contributed by atoms with Crippen LogP contribution in [0.25, 0.3) is 0 Å². The molecule has 1 N–H and O–H groups in total. The zero-order valence-electron chi connectivity index (χ0n) is 16.7. The third kappa shape index (κ3) is 3.73. The highest BCUT2D eigenvalue weighted by Gasteiger charge is 2.31. The quantitative estimate of drug-likeness (QED) is 0.788. The van der Waals surface area contributed by atoms with Crippen LogP contribution in [0, 0.1) is 13.8 Å². The summed E-state index contributed by atoms with van der Waals surface area (Å²) in [5, 5.41) is 0. The van der Waals surface area contributed by atoms with Crippen molar-refractivity contribution in [2.75, 3.05) is 26.2 Å². The van der Waals surface area contributed by atoms with E-state index in [-0.39, 0.29) is 23.5 Å². The molecule has 1 aliphatic rings. The summed E-state index contributed by atoms with van der Waals surface area (Å²) in [7, 11) is 0. The highest BCUT2D eigenvalue weighted by Crippen LogP contribution is 2.21. The number of nitrogens with one attached hydrogen (secondary N) is 1. The van der Waals surface area contributed by atoms with Gasteiger partial charge in [0, 0.05) is 49.8 Å². The molecule has 28 heavy (non-hydrogen) atoms. The number of ketones is 2. The SMILES string of the molecule is CC(=O)c1c(C)[nH]c(C(=O)C(C)N2CCN(C(=O)c3cnccn3)CC2)c1C. The maximum Gasteiger partial charge on any atom is 0.274 e. The van der Waals surface area contributed by atoms with Gasteiger partial charge in [-0.3, -0.25) is 24.3 Å². The second-order valence-electron chi connectivity index (χ2n) is 7.14. The molecule has 8 nitrogen and oxygen atoms in total. The van der Waals surface area contributed by atoms with Crippen molar-refractivity contribution in [3.8, 4) is 0 Å². The molecule has 0 spiro atoms. The third-order valence-corrected chi connectivity index (χ3v) is 5.35. The van der Waals surface area contributed by atoms with E-state index in [1.165, 1.54) is 25.5 Å². The average molecular weight is 383 g/mol. The Labute approximate surface area is 164 Å². The van der Waals surface area contributed by atoms with E-state index in [1.807, 2.05) is 13.8 Å². The van der Waals surface area contributed by atoms with E-state index in [4.69, 9.17) is 0 Å². The normalized spacial score (nSPS) is 16.1. The summed E-state index contributed by atoms with van der Waals surface area (Å²) in [5.74, 6) is -0.232. The van der Waals surface area contributed by atoms with Gasteiger partial charge in [-0.25, -0.2) is 4.98 Å². The fourth-order valence-electron chi connectivity index (χ4n) is 3.78. The van der Waals surface area contributed by atoms with Gasteiger partial charge >= 0.3 is 0 Å². The molecule has 1 unspecified atom stereocenters. The van der Waals surface area contributed by atoms with Gasteiger partial charge in [-0.1, -0.05) is 0 Å². The number of H-pyrrole nitrogens is 1. The number of hydrogen-bond donors (Lipinski definition) is 1. The molecule has 0 radical (unpaired) electrons. The second-order valence-corrected chi connectivity index (χ2v) is 7.14. The smallest absolute Gasteiger partial charge is 0.274 e. The van der Waals surface area contributed by atoms with E-state index < -0.39 is 0 Å². The lowest BCUT2D eigenvalue weighted by atomic mass is 10.0. The molecule has 0 aromatic carbocycles. The molecule has 3 rings (SSSR count). The zero-order chi connectivity index (χ0) is 20.4. The number of carbonyl (C=O) groups excluding carboxylic acids is 3. The molecule has 0 bridgehead atoms. The van der Waals surface area contributed by atoms with Crippen molar-refractivity contribution in [1.29, 1.82) is 0 Å². The predicted octanol–water partition coefficient (Wildman–Crippen LogP) is 1.65. The number of amides is 1. The lowest BCUT2D eigenvalue weighted by molar-refractivity contribution is 0.0545. The Morgan fingerprint density at radius 2 is 1.79 bits per heavy atom. The highest BCUT2D eigenvalue weighted by molar-refractivity contribution is 6.05. The maximum atomic E-state index is 13.0. The van der Waals surface area contributed by atoms with Gasteiger partial charge in [0.25, 0.3) is 5.91 Å². The number of aryl methyl sites for hydroxylation is 1. The van der Waals surface area contributed by atoms with Gasteiger partial charge in [0.15, 0.2) is 11.6 Å². The standard InChI is InChI=1S/C20H25N5O3/c1-12-17(15(4)26)13(2)23-18(12)19(27)14(3)24-7-9-25(10-8-24)20(28)16-11-21-5-6-22-16/h5-6,11,14,23H,7-10H2,1-4H3. The van der Waals surface area contributed by atoms with Crippen LogP contribution in [0.5, 0.6) is 0 Å². The minimum atomic E-state index is -0.342. The molecule has 0 saturated carbocycles. The summed E-state index contributed by atoms with van der Waals surface area (Å²) in [6, 6.07) is -0.342. The monoisotopic (exact) mass is 383 g/mol. The Kier molecular flexibility index (Phi) is 5.69. The van der Waals surface area contributed by atoms with Crippen LogP contribution in [0.15, 0.2) is 18.6 Å². The van der Waals surface area contributed by atoms with Crippen LogP contribution >= 0.6 is 0 Å². The van der Waals surface area contributed by atoms with E-state index in [9.17, 15) is 14.4 Å². The van der Waals surface area contributed by atoms with Crippen molar-refractivity contribution >= 4 is 17.5 Å². The number of nitrogens with zero attached hydrogens (tertiary/aromatic N) is 4. The first-order valence-electron chi connectivity index (χ1n) is 9.35. The van der Waals surface area contributed by atoms with Crippen LogP contribution < -0.4 is 0 Å². The summed E-state index contributed by atoms with van der Waals surface area (Å²) in [5.41, 5.74) is 2.84. The van der Waals surface area contributed by atoms with Crippen molar-refractivity contribution in [1.82, 2.24) is 24.8 Å². The minimum absolute atomic E-state index is 0.0400. The summed E-state index contributed by atoms with van der Waals surface area (Å²) in [6.45, 7) is 9.22. The van der Waals surface area contributed by atoms with Gasteiger partial charge in [0.1, 0.15) is 5.69 Å². The van der Waals surface area contributed by atoms with Crippen LogP contribution in [-0.4, -0.2) is 74.4 Å². The molecule has 1 fully saturated rings. The van der Waals surface area contributed by atoms with Crippen molar-refractivity contribution in [2.45, 2.75) is 33.7 Å². The van der Waals surface area contributed by atoms with E-state index >= 15 is 0 Å². The fraction of sp³-hybridized carbons (Fsp3) is 0.450. The van der Waals surface area contributed by atoms with Crippen LogP contribution in [-0.2, 0) is 0 Å². The minimum Gasteiger partial charge on any atom is -0.355 e. The molecule has 1 saturated heterocycles. The number of Topliss-reactive ketones (excluding diaryl/α,β-unsaturated/α-hetero) is 2. The molecular weight excluding hydrogens is 358 g/mol. The first-order chi connectivity index (χ1) is 13.3. The Morgan fingerprint density at radius 3 is 2.32 bits per heavy atom. The van der Waals surface area contributed by atoms with Crippen LogP contribution in [0.4, 0.5) is 0 Å². The lowest BCUT2D eigenvalue weighted by Gasteiger charge is -2.37. The van der Waals surface area contributed by atoms with Gasteiger partial charge in [0.05, 0.1) is 17.9 Å². The Balaban J connectivity index is 1.66. The highest BCUT2D eigenvalue weighted by atomic mass is 16.2. The zero-order valence-corrected chi connectivity index (χ0v) is 16.7. The number of hydrogen-bond acceptors (Lipinski definition) is 6. The molecule has 0 aliphatic carbocycles. The van der Waals surface area contributed by atoms with Crippen molar-refractivity contribution in [3.63, 3.8) is 0 Å². The first-order valence-corrected chi connectivity index (χ1v) is 9.35.